The Kier molecular flexibility index (Phi) is 4.48. The Hall–Kier alpha value is -1.92. The second-order valence-electron chi connectivity index (χ2n) is 4.27. The number of nitrogens with one attached hydrogen (secondary N) is 1. The highest BCUT2D eigenvalue weighted by atomic mass is 16.5. The molecule has 0 aliphatic rings. The number of benzene rings is 1. The smallest absolute Gasteiger partial charge is 0.225 e. The van der Waals surface area contributed by atoms with E-state index in [9.17, 15) is 5.11 Å². The molecule has 6 heteroatoms. The molecule has 1 heterocycles. The number of fused-ring (bicyclic) bond motifs is 1. The highest BCUT2D eigenvalue weighted by Gasteiger charge is 2.06. The molecule has 1 unspecified atom stereocenters. The van der Waals surface area contributed by atoms with Crippen molar-refractivity contribution in [3.05, 3.63) is 24.3 Å². The lowest BCUT2D eigenvalue weighted by Crippen LogP contribution is -2.19. The molecule has 4 N–H and O–H groups in total. The normalized spacial score (nSPS) is 12.5. The maximum Gasteiger partial charge on any atom is 0.225 e. The summed E-state index contributed by atoms with van der Waals surface area (Å²) >= 11 is 0. The Balaban J connectivity index is 2.01. The maximum absolute atomic E-state index is 9.52. The van der Waals surface area contributed by atoms with Crippen molar-refractivity contribution in [2.75, 3.05) is 31.3 Å². The van der Waals surface area contributed by atoms with Crippen LogP contribution in [0.5, 0.6) is 0 Å². The molecule has 0 saturated carbocycles. The molecule has 0 aliphatic carbocycles. The molecular weight excluding hydrogens is 244 g/mol. The van der Waals surface area contributed by atoms with Gasteiger partial charge in [-0.25, -0.2) is 4.98 Å². The summed E-state index contributed by atoms with van der Waals surface area (Å²) in [6.45, 7) is 0.880. The Labute approximate surface area is 111 Å². The van der Waals surface area contributed by atoms with Crippen LogP contribution in [0.25, 0.3) is 10.9 Å². The van der Waals surface area contributed by atoms with Crippen LogP contribution < -0.4 is 11.1 Å². The number of para-hydroxylation sites is 1. The van der Waals surface area contributed by atoms with Crippen LogP contribution in [0.4, 0.5) is 11.8 Å². The first-order valence-electron chi connectivity index (χ1n) is 6.14. The molecule has 0 aliphatic heterocycles. The first kappa shape index (κ1) is 13.5. The van der Waals surface area contributed by atoms with Crippen molar-refractivity contribution < 1.29 is 9.84 Å². The van der Waals surface area contributed by atoms with Crippen LogP contribution in [0, 0.1) is 0 Å². The summed E-state index contributed by atoms with van der Waals surface area (Å²) in [5.74, 6) is 0.923. The van der Waals surface area contributed by atoms with Gasteiger partial charge in [0.1, 0.15) is 5.82 Å². The number of aliphatic hydroxyl groups is 1. The fourth-order valence-electron chi connectivity index (χ4n) is 1.81. The Morgan fingerprint density at radius 1 is 1.37 bits per heavy atom. The molecule has 1 aromatic carbocycles. The van der Waals surface area contributed by atoms with E-state index < -0.39 is 6.10 Å². The number of nitrogens with two attached hydrogens (primary N) is 1. The Morgan fingerprint density at radius 3 is 2.95 bits per heavy atom. The van der Waals surface area contributed by atoms with Gasteiger partial charge >= 0.3 is 0 Å². The van der Waals surface area contributed by atoms with E-state index in [1.807, 2.05) is 24.3 Å². The van der Waals surface area contributed by atoms with E-state index in [0.29, 0.717) is 31.3 Å². The van der Waals surface area contributed by atoms with E-state index in [-0.39, 0.29) is 0 Å². The lowest BCUT2D eigenvalue weighted by molar-refractivity contribution is 0.0615. The van der Waals surface area contributed by atoms with E-state index in [4.69, 9.17) is 10.5 Å². The van der Waals surface area contributed by atoms with Gasteiger partial charge in [-0.1, -0.05) is 12.1 Å². The van der Waals surface area contributed by atoms with Crippen molar-refractivity contribution in [1.29, 1.82) is 0 Å². The topological polar surface area (TPSA) is 93.3 Å². The minimum Gasteiger partial charge on any atom is -0.391 e. The van der Waals surface area contributed by atoms with Crippen molar-refractivity contribution in [2.24, 2.45) is 0 Å². The highest BCUT2D eigenvalue weighted by Crippen LogP contribution is 2.18. The minimum absolute atomic E-state index is 0.322. The third-order valence-electron chi connectivity index (χ3n) is 2.75. The standard InChI is InChI=1S/C13H18N4O2/c1-19-8-9(18)6-7-15-13-16-11-5-3-2-4-10(11)12(14)17-13/h2-5,9,18H,6-8H2,1H3,(H3,14,15,16,17). The SMILES string of the molecule is COCC(O)CCNc1nc(N)c2ccccc2n1. The number of aromatic nitrogens is 2. The van der Waals surface area contributed by atoms with E-state index in [2.05, 4.69) is 15.3 Å². The van der Waals surface area contributed by atoms with E-state index in [0.717, 1.165) is 10.9 Å². The van der Waals surface area contributed by atoms with Crippen LogP contribution in [0.3, 0.4) is 0 Å². The molecule has 1 atom stereocenters. The van der Waals surface area contributed by atoms with Crippen LogP contribution in [0.1, 0.15) is 6.42 Å². The number of methoxy groups -OCH3 is 1. The summed E-state index contributed by atoms with van der Waals surface area (Å²) in [5, 5.41) is 13.4. The van der Waals surface area contributed by atoms with Crippen molar-refractivity contribution in [3.63, 3.8) is 0 Å². The van der Waals surface area contributed by atoms with Crippen molar-refractivity contribution in [2.45, 2.75) is 12.5 Å². The Morgan fingerprint density at radius 2 is 2.16 bits per heavy atom. The van der Waals surface area contributed by atoms with Gasteiger partial charge in [0.25, 0.3) is 0 Å². The number of hydrogen-bond acceptors (Lipinski definition) is 6. The summed E-state index contributed by atoms with van der Waals surface area (Å²) in [4.78, 5) is 8.55. The van der Waals surface area contributed by atoms with E-state index in [1.54, 1.807) is 7.11 Å². The molecule has 0 spiro atoms. The zero-order valence-electron chi connectivity index (χ0n) is 10.8. The molecule has 6 nitrogen and oxygen atoms in total. The third-order valence-corrected chi connectivity index (χ3v) is 2.75. The van der Waals surface area contributed by atoms with Crippen LogP contribution in [0.2, 0.25) is 0 Å². The average molecular weight is 262 g/mol. The van der Waals surface area contributed by atoms with Gasteiger partial charge < -0.3 is 20.9 Å². The van der Waals surface area contributed by atoms with Crippen LogP contribution in [-0.4, -0.2) is 41.4 Å². The van der Waals surface area contributed by atoms with Gasteiger partial charge in [-0.3, -0.25) is 0 Å². The molecule has 0 amide bonds. The van der Waals surface area contributed by atoms with Gasteiger partial charge in [-0.05, 0) is 18.6 Å². The maximum atomic E-state index is 9.52. The number of nitrogens with zero attached hydrogens (tertiary/aromatic N) is 2. The summed E-state index contributed by atoms with van der Waals surface area (Å²) in [7, 11) is 1.56. The van der Waals surface area contributed by atoms with Gasteiger partial charge in [-0.2, -0.15) is 4.98 Å². The zero-order valence-corrected chi connectivity index (χ0v) is 10.8. The van der Waals surface area contributed by atoms with Crippen molar-refractivity contribution in [3.8, 4) is 0 Å². The number of ether oxygens (including phenoxy) is 1. The number of anilines is 2. The van der Waals surface area contributed by atoms with Crippen LogP contribution in [-0.2, 0) is 4.74 Å². The summed E-state index contributed by atoms with van der Waals surface area (Å²) in [5.41, 5.74) is 6.68. The van der Waals surface area contributed by atoms with Gasteiger partial charge in [0.2, 0.25) is 5.95 Å². The lowest BCUT2D eigenvalue weighted by atomic mass is 10.2. The predicted octanol–water partition coefficient (Wildman–Crippen LogP) is 1.02. The fourth-order valence-corrected chi connectivity index (χ4v) is 1.81. The molecule has 0 fully saturated rings. The first-order valence-corrected chi connectivity index (χ1v) is 6.14. The Bertz CT molecular complexity index is 547. The zero-order chi connectivity index (χ0) is 13.7. The number of aliphatic hydroxyl groups excluding tert-OH is 1. The minimum atomic E-state index is -0.490. The summed E-state index contributed by atoms with van der Waals surface area (Å²) in [6.07, 6.45) is 0.0690. The van der Waals surface area contributed by atoms with Crippen LogP contribution >= 0.6 is 0 Å². The molecule has 0 radical (unpaired) electrons. The van der Waals surface area contributed by atoms with E-state index >= 15 is 0 Å². The van der Waals surface area contributed by atoms with Gasteiger partial charge in [0, 0.05) is 19.0 Å². The molecule has 0 saturated heterocycles. The monoisotopic (exact) mass is 262 g/mol. The van der Waals surface area contributed by atoms with Gasteiger partial charge in [-0.15, -0.1) is 0 Å². The molecular formula is C13H18N4O2. The fraction of sp³-hybridized carbons (Fsp3) is 0.385. The highest BCUT2D eigenvalue weighted by molar-refractivity contribution is 5.88. The number of rotatable bonds is 6. The quantitative estimate of drug-likeness (QED) is 0.719. The van der Waals surface area contributed by atoms with Gasteiger partial charge in [0.05, 0.1) is 18.2 Å². The molecule has 0 bridgehead atoms. The van der Waals surface area contributed by atoms with Crippen molar-refractivity contribution >= 4 is 22.7 Å². The summed E-state index contributed by atoms with van der Waals surface area (Å²) in [6, 6.07) is 7.58. The molecule has 2 aromatic rings. The van der Waals surface area contributed by atoms with E-state index in [1.165, 1.54) is 0 Å². The second-order valence-corrected chi connectivity index (χ2v) is 4.27. The molecule has 1 aromatic heterocycles. The average Bonchev–Trinajstić information content (AvgIpc) is 2.39. The van der Waals surface area contributed by atoms with Crippen LogP contribution in [0.15, 0.2) is 24.3 Å². The molecule has 102 valence electrons. The summed E-state index contributed by atoms with van der Waals surface area (Å²) < 4.78 is 4.85. The first-order chi connectivity index (χ1) is 9.20. The molecule has 19 heavy (non-hydrogen) atoms. The van der Waals surface area contributed by atoms with Gasteiger partial charge in [0.15, 0.2) is 0 Å². The largest absolute Gasteiger partial charge is 0.391 e. The predicted molar refractivity (Wildman–Crippen MR) is 74.9 cm³/mol. The van der Waals surface area contributed by atoms with Crippen molar-refractivity contribution in [1.82, 2.24) is 9.97 Å². The lowest BCUT2D eigenvalue weighted by Gasteiger charge is -2.10. The second kappa shape index (κ2) is 6.31. The number of nitrogen functional groups attached to an aromatic ring is 1. The third kappa shape index (κ3) is 3.52. The number of hydrogen-bond donors (Lipinski definition) is 3. The molecule has 2 rings (SSSR count).